The highest BCUT2D eigenvalue weighted by Gasteiger charge is 2.51. The van der Waals surface area contributed by atoms with Crippen molar-refractivity contribution in [3.8, 4) is 78.7 Å². The van der Waals surface area contributed by atoms with Crippen LogP contribution in [-0.2, 0) is 5.41 Å². The van der Waals surface area contributed by atoms with Crippen molar-refractivity contribution in [2.75, 3.05) is 0 Å². The topological polar surface area (TPSA) is 51.8 Å². The molecular formula is C58H35N3O. The number of para-hydroxylation sites is 2. The highest BCUT2D eigenvalue weighted by atomic mass is 16.3. The Kier molecular flexibility index (Phi) is 7.49. The molecule has 62 heavy (non-hydrogen) atoms. The number of hydrogen-bond donors (Lipinski definition) is 0. The zero-order valence-electron chi connectivity index (χ0n) is 33.5. The maximum absolute atomic E-state index is 6.39. The summed E-state index contributed by atoms with van der Waals surface area (Å²) in [7, 11) is 0. The number of benzene rings is 9. The average molecular weight is 790 g/mol. The Labute approximate surface area is 358 Å². The summed E-state index contributed by atoms with van der Waals surface area (Å²) < 4.78 is 6.39. The lowest BCUT2D eigenvalue weighted by atomic mass is 9.70. The van der Waals surface area contributed by atoms with Crippen molar-refractivity contribution in [3.63, 3.8) is 0 Å². The average Bonchev–Trinajstić information content (AvgIpc) is 3.99. The first-order valence-electron chi connectivity index (χ1n) is 21.1. The highest BCUT2D eigenvalue weighted by molar-refractivity contribution is 6.09. The van der Waals surface area contributed by atoms with Gasteiger partial charge in [-0.05, 0) is 73.3 Å². The molecule has 11 aromatic rings. The Morgan fingerprint density at radius 3 is 1.52 bits per heavy atom. The molecule has 0 atom stereocenters. The van der Waals surface area contributed by atoms with E-state index in [1.165, 1.54) is 50.1 Å². The molecule has 0 saturated carbocycles. The van der Waals surface area contributed by atoms with Crippen LogP contribution in [0.1, 0.15) is 22.3 Å². The fourth-order valence-electron chi connectivity index (χ4n) is 10.3. The molecule has 0 aliphatic heterocycles. The number of furan rings is 1. The normalized spacial score (nSPS) is 13.0. The van der Waals surface area contributed by atoms with Crippen molar-refractivity contribution in [1.29, 1.82) is 0 Å². The second kappa shape index (κ2) is 13.4. The van der Waals surface area contributed by atoms with E-state index in [0.29, 0.717) is 17.5 Å². The van der Waals surface area contributed by atoms with Gasteiger partial charge in [0.05, 0.1) is 5.41 Å². The van der Waals surface area contributed by atoms with Gasteiger partial charge in [-0.1, -0.05) is 200 Å². The molecule has 1 spiro atoms. The third-order valence-corrected chi connectivity index (χ3v) is 13.0. The van der Waals surface area contributed by atoms with Crippen LogP contribution in [0.4, 0.5) is 0 Å². The van der Waals surface area contributed by atoms with E-state index in [-0.39, 0.29) is 0 Å². The molecule has 0 saturated heterocycles. The standard InChI is InChI=1S/C58H35N3O/c1-2-15-37(16-3-1)55-59-56(38-33-31-36(32-34-38)42-24-13-25-46-45-21-7-11-30-52(45)62-54(42)46)61-57(60-55)40-18-12-17-39(35-40)41-23-14-29-51-53(41)47-22-6-10-28-50(47)58(51)48-26-8-4-19-43(48)44-20-5-9-27-49(44)58/h1-35H. The SMILES string of the molecule is c1ccc(-c2nc(-c3ccc(-c4cccc5c4oc4ccccc45)cc3)nc(-c3cccc(-c4cccc5c4-c4ccccc4C54c5ccccc5-c5ccccc54)c3)n2)cc1. The van der Waals surface area contributed by atoms with Gasteiger partial charge in [0, 0.05) is 33.0 Å². The van der Waals surface area contributed by atoms with Gasteiger partial charge in [-0.3, -0.25) is 0 Å². The second-order valence-corrected chi connectivity index (χ2v) is 16.2. The van der Waals surface area contributed by atoms with E-state index in [2.05, 4.69) is 182 Å². The molecule has 0 bridgehead atoms. The van der Waals surface area contributed by atoms with Crippen molar-refractivity contribution in [1.82, 2.24) is 15.0 Å². The van der Waals surface area contributed by atoms with Crippen LogP contribution in [-0.4, -0.2) is 15.0 Å². The van der Waals surface area contributed by atoms with E-state index in [9.17, 15) is 0 Å². The third-order valence-electron chi connectivity index (χ3n) is 13.0. The molecule has 0 fully saturated rings. The van der Waals surface area contributed by atoms with Crippen molar-refractivity contribution >= 4 is 21.9 Å². The Hall–Kier alpha value is -8.21. The minimum atomic E-state index is -0.408. The summed E-state index contributed by atoms with van der Waals surface area (Å²) in [6, 6.07) is 75.6. The molecule has 13 rings (SSSR count). The van der Waals surface area contributed by atoms with Crippen LogP contribution < -0.4 is 0 Å². The largest absolute Gasteiger partial charge is 0.455 e. The molecule has 0 amide bonds. The highest BCUT2D eigenvalue weighted by Crippen LogP contribution is 2.64. The smallest absolute Gasteiger partial charge is 0.164 e. The lowest BCUT2D eigenvalue weighted by molar-refractivity contribution is 0.670. The molecule has 2 heterocycles. The molecule has 4 nitrogen and oxygen atoms in total. The molecule has 0 radical (unpaired) electrons. The van der Waals surface area contributed by atoms with Crippen LogP contribution in [0.5, 0.6) is 0 Å². The van der Waals surface area contributed by atoms with Crippen LogP contribution in [0.15, 0.2) is 217 Å². The summed E-state index contributed by atoms with van der Waals surface area (Å²) in [5.74, 6) is 1.86. The van der Waals surface area contributed by atoms with E-state index < -0.39 is 5.41 Å². The first-order valence-corrected chi connectivity index (χ1v) is 21.1. The van der Waals surface area contributed by atoms with Crippen molar-refractivity contribution in [3.05, 3.63) is 235 Å². The Morgan fingerprint density at radius 1 is 0.306 bits per heavy atom. The van der Waals surface area contributed by atoms with Crippen molar-refractivity contribution in [2.45, 2.75) is 5.41 Å². The fraction of sp³-hybridized carbons (Fsp3) is 0.0172. The predicted molar refractivity (Wildman–Crippen MR) is 251 cm³/mol. The van der Waals surface area contributed by atoms with E-state index in [0.717, 1.165) is 55.3 Å². The third kappa shape index (κ3) is 4.98. The molecule has 9 aromatic carbocycles. The van der Waals surface area contributed by atoms with Crippen molar-refractivity contribution < 1.29 is 4.42 Å². The molecular weight excluding hydrogens is 755 g/mol. The van der Waals surface area contributed by atoms with Gasteiger partial charge in [0.15, 0.2) is 17.5 Å². The lowest BCUT2D eigenvalue weighted by Crippen LogP contribution is -2.25. The summed E-state index contributed by atoms with van der Waals surface area (Å²) in [6.07, 6.45) is 0. The quantitative estimate of drug-likeness (QED) is 0.174. The summed E-state index contributed by atoms with van der Waals surface area (Å²) in [5.41, 5.74) is 19.0. The van der Waals surface area contributed by atoms with E-state index in [1.807, 2.05) is 30.3 Å². The van der Waals surface area contributed by atoms with Gasteiger partial charge in [-0.25, -0.2) is 15.0 Å². The van der Waals surface area contributed by atoms with E-state index >= 15 is 0 Å². The van der Waals surface area contributed by atoms with E-state index in [4.69, 9.17) is 19.4 Å². The zero-order valence-corrected chi connectivity index (χ0v) is 33.5. The fourth-order valence-corrected chi connectivity index (χ4v) is 10.3. The van der Waals surface area contributed by atoms with Crippen LogP contribution in [0, 0.1) is 0 Å². The predicted octanol–water partition coefficient (Wildman–Crippen LogP) is 14.4. The number of hydrogen-bond acceptors (Lipinski definition) is 4. The second-order valence-electron chi connectivity index (χ2n) is 16.2. The number of aromatic nitrogens is 3. The molecule has 0 unspecified atom stereocenters. The number of fused-ring (bicyclic) bond motifs is 13. The van der Waals surface area contributed by atoms with Crippen LogP contribution in [0.2, 0.25) is 0 Å². The van der Waals surface area contributed by atoms with Gasteiger partial charge in [-0.15, -0.1) is 0 Å². The minimum absolute atomic E-state index is 0.408. The molecule has 2 aromatic heterocycles. The monoisotopic (exact) mass is 789 g/mol. The van der Waals surface area contributed by atoms with Gasteiger partial charge < -0.3 is 4.42 Å². The van der Waals surface area contributed by atoms with Crippen LogP contribution >= 0.6 is 0 Å². The molecule has 2 aliphatic carbocycles. The Balaban J connectivity index is 0.944. The summed E-state index contributed by atoms with van der Waals surface area (Å²) in [5, 5.41) is 2.23. The minimum Gasteiger partial charge on any atom is -0.455 e. The van der Waals surface area contributed by atoms with Crippen LogP contribution in [0.25, 0.3) is 101 Å². The van der Waals surface area contributed by atoms with Gasteiger partial charge in [0.1, 0.15) is 11.2 Å². The Morgan fingerprint density at radius 2 is 0.774 bits per heavy atom. The van der Waals surface area contributed by atoms with Gasteiger partial charge in [0.2, 0.25) is 0 Å². The summed E-state index contributed by atoms with van der Waals surface area (Å²) in [6.45, 7) is 0. The number of rotatable bonds is 5. The zero-order chi connectivity index (χ0) is 40.8. The maximum Gasteiger partial charge on any atom is 0.164 e. The van der Waals surface area contributed by atoms with Gasteiger partial charge in [0.25, 0.3) is 0 Å². The first-order chi connectivity index (χ1) is 30.7. The first kappa shape index (κ1) is 34.6. The molecule has 2 aliphatic rings. The van der Waals surface area contributed by atoms with Gasteiger partial charge in [-0.2, -0.15) is 0 Å². The van der Waals surface area contributed by atoms with E-state index in [1.54, 1.807) is 0 Å². The molecule has 288 valence electrons. The van der Waals surface area contributed by atoms with Crippen molar-refractivity contribution in [2.24, 2.45) is 0 Å². The Bertz CT molecular complexity index is 3540. The molecule has 4 heteroatoms. The molecule has 0 N–H and O–H groups in total. The van der Waals surface area contributed by atoms with Gasteiger partial charge >= 0.3 is 0 Å². The maximum atomic E-state index is 6.39. The lowest BCUT2D eigenvalue weighted by Gasteiger charge is -2.30. The van der Waals surface area contributed by atoms with Crippen LogP contribution in [0.3, 0.4) is 0 Å². The number of nitrogens with zero attached hydrogens (tertiary/aromatic N) is 3. The summed E-state index contributed by atoms with van der Waals surface area (Å²) >= 11 is 0. The summed E-state index contributed by atoms with van der Waals surface area (Å²) in [4.78, 5) is 15.4.